The third-order valence-corrected chi connectivity index (χ3v) is 8.59. The van der Waals surface area contributed by atoms with E-state index in [1.165, 1.54) is 25.7 Å². The highest BCUT2D eigenvalue weighted by atomic mass is 16.6. The van der Waals surface area contributed by atoms with E-state index in [0.717, 1.165) is 32.4 Å². The summed E-state index contributed by atoms with van der Waals surface area (Å²) >= 11 is 0. The SMILES string of the molecule is C[C@@H]1CCC[C@]2(C)C[C@H]3OC(=O)[C@@H](CN4CCCC[C@H]4CO)[C@H]3[C@@H]3O[C@@]132. The molecule has 3 aliphatic heterocycles. The predicted molar refractivity (Wildman–Crippen MR) is 96.5 cm³/mol. The molecule has 5 heteroatoms. The maximum atomic E-state index is 12.8. The van der Waals surface area contributed by atoms with Crippen LogP contribution in [0.1, 0.15) is 58.8 Å². The second kappa shape index (κ2) is 5.92. The highest BCUT2D eigenvalue weighted by Gasteiger charge is 2.78. The number of hydrogen-bond acceptors (Lipinski definition) is 5. The van der Waals surface area contributed by atoms with Gasteiger partial charge in [-0.1, -0.05) is 26.7 Å². The van der Waals surface area contributed by atoms with Crippen LogP contribution < -0.4 is 0 Å². The van der Waals surface area contributed by atoms with Crippen molar-refractivity contribution in [3.05, 3.63) is 0 Å². The summed E-state index contributed by atoms with van der Waals surface area (Å²) < 4.78 is 12.4. The first-order chi connectivity index (χ1) is 12.5. The summed E-state index contributed by atoms with van der Waals surface area (Å²) in [6.45, 7) is 6.61. The van der Waals surface area contributed by atoms with Crippen molar-refractivity contribution in [3.8, 4) is 0 Å². The average molecular weight is 363 g/mol. The van der Waals surface area contributed by atoms with Crippen molar-refractivity contribution in [1.82, 2.24) is 4.90 Å². The fourth-order valence-electron chi connectivity index (χ4n) is 7.20. The first-order valence-corrected chi connectivity index (χ1v) is 10.7. The number of carbonyl (C=O) groups excluding carboxylic acids is 1. The maximum Gasteiger partial charge on any atom is 0.311 e. The van der Waals surface area contributed by atoms with Crippen molar-refractivity contribution in [2.75, 3.05) is 19.7 Å². The Labute approximate surface area is 156 Å². The Kier molecular flexibility index (Phi) is 3.97. The summed E-state index contributed by atoms with van der Waals surface area (Å²) in [7, 11) is 0. The zero-order valence-corrected chi connectivity index (χ0v) is 16.2. The molecule has 5 rings (SSSR count). The lowest BCUT2D eigenvalue weighted by atomic mass is 9.53. The van der Waals surface area contributed by atoms with Crippen LogP contribution >= 0.6 is 0 Å². The molecule has 146 valence electrons. The molecular weight excluding hydrogens is 330 g/mol. The quantitative estimate of drug-likeness (QED) is 0.616. The summed E-state index contributed by atoms with van der Waals surface area (Å²) in [5.41, 5.74) is 0.140. The number of epoxide rings is 1. The maximum absolute atomic E-state index is 12.8. The molecule has 2 aliphatic carbocycles. The van der Waals surface area contributed by atoms with E-state index in [2.05, 4.69) is 18.7 Å². The van der Waals surface area contributed by atoms with Gasteiger partial charge in [-0.25, -0.2) is 0 Å². The van der Waals surface area contributed by atoms with Crippen LogP contribution in [-0.4, -0.2) is 59.5 Å². The predicted octanol–water partition coefficient (Wildman–Crippen LogP) is 2.36. The van der Waals surface area contributed by atoms with Crippen LogP contribution in [0, 0.1) is 23.2 Å². The molecule has 1 spiro atoms. The first-order valence-electron chi connectivity index (χ1n) is 10.7. The van der Waals surface area contributed by atoms with Crippen LogP contribution in [0.3, 0.4) is 0 Å². The van der Waals surface area contributed by atoms with E-state index < -0.39 is 0 Å². The number of esters is 1. The van der Waals surface area contributed by atoms with Gasteiger partial charge in [0.1, 0.15) is 11.7 Å². The topological polar surface area (TPSA) is 62.3 Å². The number of piperidine rings is 1. The Morgan fingerprint density at radius 2 is 2.12 bits per heavy atom. The minimum Gasteiger partial charge on any atom is -0.462 e. The van der Waals surface area contributed by atoms with Crippen molar-refractivity contribution in [3.63, 3.8) is 0 Å². The summed E-state index contributed by atoms with van der Waals surface area (Å²) in [5, 5.41) is 9.73. The number of likely N-dealkylation sites (tertiary alicyclic amines) is 1. The standard InChI is InChI=1S/C21H33NO4/c1-13-6-5-8-20(2)10-16-17(18-21(13,20)26-18)15(19(24)25-16)11-22-9-4-3-7-14(22)12-23/h13-18,23H,3-12H2,1-2H3/t13-,14+,15+,16-,17-,18+,20-,21+/m1/s1. The molecule has 0 aromatic heterocycles. The Hall–Kier alpha value is -0.650. The van der Waals surface area contributed by atoms with E-state index in [0.29, 0.717) is 5.92 Å². The average Bonchev–Trinajstić information content (AvgIpc) is 3.30. The lowest BCUT2D eigenvalue weighted by Gasteiger charge is -2.49. The van der Waals surface area contributed by atoms with Crippen LogP contribution in [0.5, 0.6) is 0 Å². The number of ether oxygens (including phenoxy) is 2. The van der Waals surface area contributed by atoms with Gasteiger partial charge in [0, 0.05) is 23.9 Å². The van der Waals surface area contributed by atoms with Crippen LogP contribution in [0.25, 0.3) is 0 Å². The summed E-state index contributed by atoms with van der Waals surface area (Å²) in [5.74, 6) is 0.666. The Morgan fingerprint density at radius 3 is 2.92 bits per heavy atom. The number of nitrogens with zero attached hydrogens (tertiary/aromatic N) is 1. The van der Waals surface area contributed by atoms with Crippen molar-refractivity contribution < 1.29 is 19.4 Å². The van der Waals surface area contributed by atoms with Gasteiger partial charge in [-0.2, -0.15) is 0 Å². The van der Waals surface area contributed by atoms with Crippen LogP contribution in [0.4, 0.5) is 0 Å². The van der Waals surface area contributed by atoms with Gasteiger partial charge in [0.15, 0.2) is 0 Å². The highest BCUT2D eigenvalue weighted by Crippen LogP contribution is 2.70. The normalized spacial score (nSPS) is 53.4. The largest absolute Gasteiger partial charge is 0.462 e. The highest BCUT2D eigenvalue weighted by molar-refractivity contribution is 5.76. The van der Waals surface area contributed by atoms with E-state index in [1.54, 1.807) is 0 Å². The molecule has 5 aliphatic rings. The fraction of sp³-hybridized carbons (Fsp3) is 0.952. The molecule has 26 heavy (non-hydrogen) atoms. The lowest BCUT2D eigenvalue weighted by Crippen LogP contribution is -2.55. The van der Waals surface area contributed by atoms with Crippen molar-refractivity contribution in [2.24, 2.45) is 23.2 Å². The van der Waals surface area contributed by atoms with E-state index in [1.807, 2.05) is 0 Å². The van der Waals surface area contributed by atoms with Crippen molar-refractivity contribution in [2.45, 2.75) is 82.6 Å². The molecule has 0 radical (unpaired) electrons. The van der Waals surface area contributed by atoms with Gasteiger partial charge in [-0.05, 0) is 44.6 Å². The lowest BCUT2D eigenvalue weighted by molar-refractivity contribution is -0.147. The number of aliphatic hydroxyl groups is 1. The molecule has 0 unspecified atom stereocenters. The van der Waals surface area contributed by atoms with E-state index in [9.17, 15) is 9.90 Å². The molecule has 0 bridgehead atoms. The van der Waals surface area contributed by atoms with Gasteiger partial charge in [0.2, 0.25) is 0 Å². The second-order valence-corrected chi connectivity index (χ2v) is 9.88. The molecule has 0 aromatic carbocycles. The zero-order valence-electron chi connectivity index (χ0n) is 16.2. The van der Waals surface area contributed by atoms with Gasteiger partial charge in [-0.3, -0.25) is 9.69 Å². The molecule has 0 aromatic rings. The van der Waals surface area contributed by atoms with E-state index in [-0.39, 0.29) is 53.7 Å². The molecule has 3 heterocycles. The first kappa shape index (κ1) is 17.4. The number of carbonyl (C=O) groups is 1. The van der Waals surface area contributed by atoms with E-state index in [4.69, 9.17) is 9.47 Å². The fourth-order valence-corrected chi connectivity index (χ4v) is 7.20. The smallest absolute Gasteiger partial charge is 0.311 e. The number of aliphatic hydroxyl groups excluding tert-OH is 1. The molecular formula is C21H33NO4. The van der Waals surface area contributed by atoms with Gasteiger partial charge in [0.05, 0.1) is 18.6 Å². The molecule has 1 N–H and O–H groups in total. The summed E-state index contributed by atoms with van der Waals surface area (Å²) in [4.78, 5) is 15.1. The second-order valence-electron chi connectivity index (χ2n) is 9.88. The minimum atomic E-state index is -0.0878. The molecule has 8 atom stereocenters. The van der Waals surface area contributed by atoms with Crippen molar-refractivity contribution >= 4 is 5.97 Å². The molecule has 3 saturated heterocycles. The van der Waals surface area contributed by atoms with Crippen LogP contribution in [0.2, 0.25) is 0 Å². The van der Waals surface area contributed by atoms with Gasteiger partial charge in [-0.15, -0.1) is 0 Å². The third-order valence-electron chi connectivity index (χ3n) is 8.59. The number of fused-ring (bicyclic) bond motifs is 2. The van der Waals surface area contributed by atoms with Gasteiger partial charge >= 0.3 is 5.97 Å². The zero-order chi connectivity index (χ0) is 18.1. The molecule has 5 fully saturated rings. The Balaban J connectivity index is 1.39. The monoisotopic (exact) mass is 363 g/mol. The van der Waals surface area contributed by atoms with Crippen LogP contribution in [0.15, 0.2) is 0 Å². The van der Waals surface area contributed by atoms with E-state index >= 15 is 0 Å². The Morgan fingerprint density at radius 1 is 1.27 bits per heavy atom. The molecule has 0 amide bonds. The van der Waals surface area contributed by atoms with Crippen LogP contribution in [-0.2, 0) is 14.3 Å². The van der Waals surface area contributed by atoms with Crippen molar-refractivity contribution in [1.29, 1.82) is 0 Å². The number of rotatable bonds is 3. The Bertz CT molecular complexity index is 597. The third kappa shape index (κ3) is 2.23. The molecule has 2 saturated carbocycles. The summed E-state index contributed by atoms with van der Waals surface area (Å²) in [6.07, 6.45) is 8.24. The summed E-state index contributed by atoms with van der Waals surface area (Å²) in [6, 6.07) is 0.201. The molecule has 5 nitrogen and oxygen atoms in total. The van der Waals surface area contributed by atoms with Gasteiger partial charge in [0.25, 0.3) is 0 Å². The minimum absolute atomic E-state index is 0.0169. The number of hydrogen-bond donors (Lipinski definition) is 1. The van der Waals surface area contributed by atoms with Gasteiger partial charge < -0.3 is 14.6 Å².